The van der Waals surface area contributed by atoms with Crippen LogP contribution in [0, 0.1) is 5.82 Å². The Hall–Kier alpha value is -1.09. The van der Waals surface area contributed by atoms with E-state index in [1.165, 1.54) is 12.1 Å². The first kappa shape index (κ1) is 14.0. The highest BCUT2D eigenvalue weighted by Gasteiger charge is 2.12. The molecule has 17 heavy (non-hydrogen) atoms. The molecule has 0 atom stereocenters. The minimum absolute atomic E-state index is 0.00740. The monoisotopic (exact) mass is 257 g/mol. The largest absolute Gasteiger partial charge is 0.352 e. The summed E-state index contributed by atoms with van der Waals surface area (Å²) < 4.78 is 13.5. The van der Waals surface area contributed by atoms with Crippen molar-refractivity contribution in [3.05, 3.63) is 34.6 Å². The van der Waals surface area contributed by atoms with E-state index in [0.29, 0.717) is 6.54 Å². The van der Waals surface area contributed by atoms with Crippen molar-refractivity contribution in [3.8, 4) is 0 Å². The first-order valence-corrected chi connectivity index (χ1v) is 6.26. The summed E-state index contributed by atoms with van der Waals surface area (Å²) in [6.45, 7) is 2.70. The third kappa shape index (κ3) is 4.35. The maximum atomic E-state index is 13.5. The highest BCUT2D eigenvalue weighted by molar-refractivity contribution is 6.31. The summed E-state index contributed by atoms with van der Waals surface area (Å²) >= 11 is 5.61. The highest BCUT2D eigenvalue weighted by Crippen LogP contribution is 2.17. The molecule has 0 aliphatic carbocycles. The van der Waals surface area contributed by atoms with Crippen LogP contribution in [-0.2, 0) is 0 Å². The van der Waals surface area contributed by atoms with Gasteiger partial charge in [0.15, 0.2) is 5.82 Å². The number of unbranched alkanes of at least 4 members (excludes halogenated alkanes) is 3. The zero-order valence-electron chi connectivity index (χ0n) is 9.93. The van der Waals surface area contributed by atoms with E-state index in [0.717, 1.165) is 25.7 Å². The van der Waals surface area contributed by atoms with Crippen molar-refractivity contribution < 1.29 is 9.18 Å². The van der Waals surface area contributed by atoms with E-state index >= 15 is 0 Å². The molecule has 0 heterocycles. The van der Waals surface area contributed by atoms with E-state index in [1.54, 1.807) is 6.07 Å². The number of halogens is 2. The Morgan fingerprint density at radius 1 is 1.35 bits per heavy atom. The van der Waals surface area contributed by atoms with Crippen molar-refractivity contribution in [1.82, 2.24) is 5.32 Å². The van der Waals surface area contributed by atoms with Gasteiger partial charge in [-0.1, -0.05) is 43.9 Å². The summed E-state index contributed by atoms with van der Waals surface area (Å²) in [5.41, 5.74) is 0.00740. The molecule has 0 fully saturated rings. The first-order chi connectivity index (χ1) is 8.16. The van der Waals surface area contributed by atoms with E-state index < -0.39 is 11.7 Å². The first-order valence-electron chi connectivity index (χ1n) is 5.89. The second-order valence-corrected chi connectivity index (χ2v) is 4.33. The molecule has 1 aromatic rings. The van der Waals surface area contributed by atoms with Gasteiger partial charge in [0.25, 0.3) is 5.91 Å². The quantitative estimate of drug-likeness (QED) is 0.772. The maximum Gasteiger partial charge on any atom is 0.254 e. The normalized spacial score (nSPS) is 10.3. The Labute approximate surface area is 106 Å². The van der Waals surface area contributed by atoms with Gasteiger partial charge in [-0.05, 0) is 18.6 Å². The smallest absolute Gasteiger partial charge is 0.254 e. The Bertz CT molecular complexity index is 382. The van der Waals surface area contributed by atoms with Gasteiger partial charge in [-0.3, -0.25) is 4.79 Å². The van der Waals surface area contributed by atoms with Crippen LogP contribution in [0.25, 0.3) is 0 Å². The van der Waals surface area contributed by atoms with Crippen LogP contribution in [0.3, 0.4) is 0 Å². The molecule has 1 N–H and O–H groups in total. The van der Waals surface area contributed by atoms with Crippen LogP contribution in [0.4, 0.5) is 4.39 Å². The maximum absolute atomic E-state index is 13.5. The number of hydrogen-bond acceptors (Lipinski definition) is 1. The molecule has 0 unspecified atom stereocenters. The second kappa shape index (κ2) is 7.28. The SMILES string of the molecule is CCCCCCNC(=O)c1cccc(Cl)c1F. The molecule has 0 aliphatic heterocycles. The second-order valence-electron chi connectivity index (χ2n) is 3.92. The molecule has 0 spiro atoms. The van der Waals surface area contributed by atoms with Gasteiger partial charge in [-0.15, -0.1) is 0 Å². The number of amides is 1. The van der Waals surface area contributed by atoms with Gasteiger partial charge >= 0.3 is 0 Å². The van der Waals surface area contributed by atoms with Crippen molar-refractivity contribution in [2.75, 3.05) is 6.54 Å². The van der Waals surface area contributed by atoms with Crippen LogP contribution in [0.2, 0.25) is 5.02 Å². The van der Waals surface area contributed by atoms with Crippen LogP contribution >= 0.6 is 11.6 Å². The van der Waals surface area contributed by atoms with E-state index in [4.69, 9.17) is 11.6 Å². The zero-order chi connectivity index (χ0) is 12.7. The molecule has 94 valence electrons. The number of nitrogens with one attached hydrogen (secondary N) is 1. The summed E-state index contributed by atoms with van der Waals surface area (Å²) in [6, 6.07) is 4.43. The number of hydrogen-bond donors (Lipinski definition) is 1. The van der Waals surface area contributed by atoms with Gasteiger partial charge in [0, 0.05) is 6.54 Å². The highest BCUT2D eigenvalue weighted by atomic mass is 35.5. The molecule has 1 amide bonds. The standard InChI is InChI=1S/C13H17ClFNO/c1-2-3-4-5-9-16-13(17)10-7-6-8-11(14)12(10)15/h6-8H,2-5,9H2,1H3,(H,16,17). The topological polar surface area (TPSA) is 29.1 Å². The number of carbonyl (C=O) groups excluding carboxylic acids is 1. The van der Waals surface area contributed by atoms with E-state index in [2.05, 4.69) is 12.2 Å². The van der Waals surface area contributed by atoms with Gasteiger partial charge in [-0.2, -0.15) is 0 Å². The third-order valence-electron chi connectivity index (χ3n) is 2.51. The third-order valence-corrected chi connectivity index (χ3v) is 2.80. The fourth-order valence-electron chi connectivity index (χ4n) is 1.53. The molecular formula is C13H17ClFNO. The van der Waals surface area contributed by atoms with E-state index in [-0.39, 0.29) is 10.6 Å². The lowest BCUT2D eigenvalue weighted by atomic mass is 10.2. The summed E-state index contributed by atoms with van der Waals surface area (Å²) in [5.74, 6) is -1.05. The molecule has 0 saturated heterocycles. The number of carbonyl (C=O) groups is 1. The van der Waals surface area contributed by atoms with Crippen molar-refractivity contribution in [2.24, 2.45) is 0 Å². The lowest BCUT2D eigenvalue weighted by molar-refractivity contribution is 0.0949. The predicted molar refractivity (Wildman–Crippen MR) is 67.9 cm³/mol. The van der Waals surface area contributed by atoms with Gasteiger partial charge in [0.1, 0.15) is 0 Å². The lowest BCUT2D eigenvalue weighted by Crippen LogP contribution is -2.25. The molecule has 1 aromatic carbocycles. The van der Waals surface area contributed by atoms with Gasteiger partial charge in [0.05, 0.1) is 10.6 Å². The predicted octanol–water partition coefficient (Wildman–Crippen LogP) is 3.79. The minimum Gasteiger partial charge on any atom is -0.352 e. The lowest BCUT2D eigenvalue weighted by Gasteiger charge is -2.06. The molecule has 0 bridgehead atoms. The molecule has 1 rings (SSSR count). The summed E-state index contributed by atoms with van der Waals surface area (Å²) in [5, 5.41) is 2.66. The Morgan fingerprint density at radius 2 is 2.12 bits per heavy atom. The van der Waals surface area contributed by atoms with Crippen LogP contribution in [0.15, 0.2) is 18.2 Å². The molecule has 0 aliphatic rings. The fraction of sp³-hybridized carbons (Fsp3) is 0.462. The molecule has 0 radical (unpaired) electrons. The number of benzene rings is 1. The van der Waals surface area contributed by atoms with Gasteiger partial charge in [-0.25, -0.2) is 4.39 Å². The molecule has 0 aromatic heterocycles. The van der Waals surface area contributed by atoms with E-state index in [9.17, 15) is 9.18 Å². The van der Waals surface area contributed by atoms with Crippen LogP contribution in [0.5, 0.6) is 0 Å². The zero-order valence-corrected chi connectivity index (χ0v) is 10.7. The van der Waals surface area contributed by atoms with Crippen LogP contribution in [-0.4, -0.2) is 12.5 Å². The van der Waals surface area contributed by atoms with Crippen molar-refractivity contribution >= 4 is 17.5 Å². The van der Waals surface area contributed by atoms with E-state index in [1.807, 2.05) is 0 Å². The Morgan fingerprint density at radius 3 is 2.82 bits per heavy atom. The van der Waals surface area contributed by atoms with Crippen molar-refractivity contribution in [2.45, 2.75) is 32.6 Å². The van der Waals surface area contributed by atoms with Crippen LogP contribution < -0.4 is 5.32 Å². The summed E-state index contributed by atoms with van der Waals surface area (Å²) in [7, 11) is 0. The molecular weight excluding hydrogens is 241 g/mol. The fourth-order valence-corrected chi connectivity index (χ4v) is 1.70. The van der Waals surface area contributed by atoms with Crippen LogP contribution in [0.1, 0.15) is 43.0 Å². The summed E-state index contributed by atoms with van der Waals surface area (Å²) in [4.78, 5) is 11.6. The van der Waals surface area contributed by atoms with Crippen molar-refractivity contribution in [3.63, 3.8) is 0 Å². The average Bonchev–Trinajstić information content (AvgIpc) is 2.32. The molecule has 2 nitrogen and oxygen atoms in total. The Kier molecular flexibility index (Phi) is 5.98. The Balaban J connectivity index is 2.44. The van der Waals surface area contributed by atoms with Crippen molar-refractivity contribution in [1.29, 1.82) is 0 Å². The van der Waals surface area contributed by atoms with Gasteiger partial charge < -0.3 is 5.32 Å². The summed E-state index contributed by atoms with van der Waals surface area (Å²) in [6.07, 6.45) is 4.30. The molecule has 4 heteroatoms. The average molecular weight is 258 g/mol. The minimum atomic E-state index is -0.653. The molecule has 0 saturated carbocycles. The number of rotatable bonds is 6. The van der Waals surface area contributed by atoms with Gasteiger partial charge in [0.2, 0.25) is 0 Å².